The Hall–Kier alpha value is -1.71. The van der Waals surface area contributed by atoms with Crippen LogP contribution in [0.15, 0.2) is 18.1 Å². The van der Waals surface area contributed by atoms with Gasteiger partial charge in [0.2, 0.25) is 0 Å². The van der Waals surface area contributed by atoms with Gasteiger partial charge < -0.3 is 14.9 Å². The number of benzene rings is 1. The van der Waals surface area contributed by atoms with E-state index in [1.165, 1.54) is 6.92 Å². The molecule has 1 aromatic rings. The molecule has 0 heterocycles. The molecule has 0 bridgehead atoms. The maximum Gasteiger partial charge on any atom is 0.312 e. The molecule has 2 N–H and O–H groups in total. The number of hydrogen-bond acceptors (Lipinski definition) is 4. The topological polar surface area (TPSA) is 66.8 Å². The first-order valence-corrected chi connectivity index (χ1v) is 3.92. The summed E-state index contributed by atoms with van der Waals surface area (Å²) in [5.41, 5.74) is -0.142. The molecule has 4 nitrogen and oxygen atoms in total. The van der Waals surface area contributed by atoms with Gasteiger partial charge in [0, 0.05) is 0 Å². The Balaban J connectivity index is 3.49. The fraction of sp³-hybridized carbons (Fsp3) is 0.300. The van der Waals surface area contributed by atoms with Gasteiger partial charge in [-0.25, -0.2) is 0 Å². The van der Waals surface area contributed by atoms with Crippen molar-refractivity contribution in [3.63, 3.8) is 0 Å². The van der Waals surface area contributed by atoms with Gasteiger partial charge in [-0.15, -0.1) is 0 Å². The standard InChI is InChI=1S/C10H12O4/c1-6(10(13)14-2)7-3-4-8(11)9(12)5-7/h3-6,11-12H,1-2H3/i3D,4D,5D. The molecule has 1 rings (SSSR count). The van der Waals surface area contributed by atoms with Crippen molar-refractivity contribution >= 4 is 5.97 Å². The van der Waals surface area contributed by atoms with E-state index < -0.39 is 41.5 Å². The van der Waals surface area contributed by atoms with Crippen molar-refractivity contribution in [2.24, 2.45) is 0 Å². The van der Waals surface area contributed by atoms with E-state index in [-0.39, 0.29) is 5.56 Å². The highest BCUT2D eigenvalue weighted by atomic mass is 16.5. The highest BCUT2D eigenvalue weighted by molar-refractivity contribution is 5.77. The number of phenolic OH excluding ortho intramolecular Hbond substituents is 2. The van der Waals surface area contributed by atoms with E-state index in [4.69, 9.17) is 4.11 Å². The first-order chi connectivity index (χ1) is 7.82. The number of carbonyl (C=O) groups excluding carboxylic acids is 1. The highest BCUT2D eigenvalue weighted by Crippen LogP contribution is 2.28. The van der Waals surface area contributed by atoms with Gasteiger partial charge in [0.25, 0.3) is 0 Å². The molecule has 0 fully saturated rings. The third-order valence-electron chi connectivity index (χ3n) is 1.78. The van der Waals surface area contributed by atoms with Gasteiger partial charge in [0.1, 0.15) is 0 Å². The van der Waals surface area contributed by atoms with Crippen molar-refractivity contribution in [3.8, 4) is 11.5 Å². The van der Waals surface area contributed by atoms with Crippen LogP contribution in [0.25, 0.3) is 0 Å². The van der Waals surface area contributed by atoms with E-state index in [0.717, 1.165) is 7.11 Å². The molecule has 14 heavy (non-hydrogen) atoms. The van der Waals surface area contributed by atoms with Gasteiger partial charge >= 0.3 is 5.97 Å². The number of carbonyl (C=O) groups is 1. The lowest BCUT2D eigenvalue weighted by molar-refractivity contribution is -0.141. The number of rotatable bonds is 2. The lowest BCUT2D eigenvalue weighted by Gasteiger charge is -2.09. The minimum Gasteiger partial charge on any atom is -0.504 e. The Bertz CT molecular complexity index is 444. The number of aromatic hydroxyl groups is 2. The molecule has 0 aliphatic carbocycles. The van der Waals surface area contributed by atoms with E-state index in [1.807, 2.05) is 0 Å². The molecule has 1 aromatic carbocycles. The fourth-order valence-corrected chi connectivity index (χ4v) is 0.915. The normalized spacial score (nSPS) is 15.1. The third-order valence-corrected chi connectivity index (χ3v) is 1.78. The van der Waals surface area contributed by atoms with E-state index in [9.17, 15) is 15.0 Å². The lowest BCUT2D eigenvalue weighted by atomic mass is 10.0. The van der Waals surface area contributed by atoms with Crippen LogP contribution in [0.1, 0.15) is 22.5 Å². The van der Waals surface area contributed by atoms with Crippen LogP contribution in [-0.4, -0.2) is 23.3 Å². The Kier molecular flexibility index (Phi) is 1.91. The second-order valence-electron chi connectivity index (χ2n) is 2.73. The Labute approximate surface area is 86.0 Å². The van der Waals surface area contributed by atoms with Crippen molar-refractivity contribution in [1.82, 2.24) is 0 Å². The van der Waals surface area contributed by atoms with E-state index in [1.54, 1.807) is 0 Å². The quantitative estimate of drug-likeness (QED) is 0.557. The largest absolute Gasteiger partial charge is 0.504 e. The molecule has 1 atom stereocenters. The van der Waals surface area contributed by atoms with Crippen LogP contribution in [0.3, 0.4) is 0 Å². The Morgan fingerprint density at radius 2 is 2.14 bits per heavy atom. The van der Waals surface area contributed by atoms with Crippen LogP contribution >= 0.6 is 0 Å². The predicted octanol–water partition coefficient (Wildman–Crippen LogP) is 1.37. The maximum absolute atomic E-state index is 11.3. The van der Waals surface area contributed by atoms with Crippen molar-refractivity contribution in [2.45, 2.75) is 12.8 Å². The van der Waals surface area contributed by atoms with Crippen molar-refractivity contribution in [2.75, 3.05) is 7.11 Å². The van der Waals surface area contributed by atoms with Gasteiger partial charge in [-0.2, -0.15) is 0 Å². The van der Waals surface area contributed by atoms with Crippen LogP contribution in [0.2, 0.25) is 0 Å². The first kappa shape index (κ1) is 6.70. The lowest BCUT2D eigenvalue weighted by Crippen LogP contribution is -2.10. The van der Waals surface area contributed by atoms with Crippen LogP contribution in [0.4, 0.5) is 0 Å². The van der Waals surface area contributed by atoms with Gasteiger partial charge in [-0.3, -0.25) is 4.79 Å². The molecule has 0 saturated carbocycles. The maximum atomic E-state index is 11.3. The summed E-state index contributed by atoms with van der Waals surface area (Å²) >= 11 is 0. The van der Waals surface area contributed by atoms with Crippen LogP contribution in [-0.2, 0) is 9.53 Å². The molecular formula is C10H12O4. The molecule has 0 amide bonds. The van der Waals surface area contributed by atoms with Gasteiger partial charge in [0.05, 0.1) is 17.1 Å². The molecule has 0 radical (unpaired) electrons. The SMILES string of the molecule is [2H]c1c([2H])c(C(C)C(=O)OC)c([2H])c(O)c1O. The van der Waals surface area contributed by atoms with Crippen LogP contribution in [0.5, 0.6) is 11.5 Å². The molecule has 0 aliphatic rings. The summed E-state index contributed by atoms with van der Waals surface area (Å²) < 4.78 is 27.0. The minimum atomic E-state index is -0.962. The second kappa shape index (κ2) is 4.00. The predicted molar refractivity (Wildman–Crippen MR) is 50.2 cm³/mol. The second-order valence-corrected chi connectivity index (χ2v) is 2.73. The number of methoxy groups -OCH3 is 1. The summed E-state index contributed by atoms with van der Waals surface area (Å²) in [6.07, 6.45) is 0. The van der Waals surface area contributed by atoms with Gasteiger partial charge in [0.15, 0.2) is 11.5 Å². The first-order valence-electron chi connectivity index (χ1n) is 5.42. The summed E-state index contributed by atoms with van der Waals surface area (Å²) in [6, 6.07) is -1.63. The minimum absolute atomic E-state index is 0.142. The molecular weight excluding hydrogens is 184 g/mol. The van der Waals surface area contributed by atoms with Crippen molar-refractivity contribution < 1.29 is 23.9 Å². The van der Waals surface area contributed by atoms with E-state index in [2.05, 4.69) is 4.74 Å². The summed E-state index contributed by atoms with van der Waals surface area (Å²) in [6.45, 7) is 1.40. The van der Waals surface area contributed by atoms with E-state index >= 15 is 0 Å². The zero-order valence-corrected chi connectivity index (χ0v) is 7.79. The molecule has 4 heteroatoms. The zero-order chi connectivity index (χ0) is 13.3. The average Bonchev–Trinajstić information content (AvgIpc) is 2.32. The Morgan fingerprint density at radius 3 is 2.71 bits per heavy atom. The molecule has 0 aliphatic heterocycles. The fourth-order valence-electron chi connectivity index (χ4n) is 0.915. The van der Waals surface area contributed by atoms with Crippen molar-refractivity contribution in [3.05, 3.63) is 23.7 Å². The van der Waals surface area contributed by atoms with Crippen molar-refractivity contribution in [1.29, 1.82) is 0 Å². The third kappa shape index (κ3) is 1.96. The molecule has 0 saturated heterocycles. The van der Waals surface area contributed by atoms with Crippen LogP contribution in [0, 0.1) is 0 Å². The zero-order valence-electron chi connectivity index (χ0n) is 10.8. The number of phenols is 2. The molecule has 1 unspecified atom stereocenters. The summed E-state index contributed by atoms with van der Waals surface area (Å²) in [5.74, 6) is -3.29. The molecule has 0 aromatic heterocycles. The van der Waals surface area contributed by atoms with Crippen LogP contribution < -0.4 is 0 Å². The smallest absolute Gasteiger partial charge is 0.312 e. The number of hydrogen-bond donors (Lipinski definition) is 2. The Morgan fingerprint density at radius 1 is 1.50 bits per heavy atom. The van der Waals surface area contributed by atoms with Gasteiger partial charge in [-0.05, 0) is 24.6 Å². The summed E-state index contributed by atoms with van der Waals surface area (Å²) in [4.78, 5) is 11.3. The monoisotopic (exact) mass is 199 g/mol. The number of ether oxygens (including phenoxy) is 1. The summed E-state index contributed by atoms with van der Waals surface area (Å²) in [7, 11) is 1.16. The van der Waals surface area contributed by atoms with Gasteiger partial charge in [-0.1, -0.05) is 6.04 Å². The summed E-state index contributed by atoms with van der Waals surface area (Å²) in [5, 5.41) is 18.7. The molecule has 76 valence electrons. The van der Waals surface area contributed by atoms with E-state index in [0.29, 0.717) is 0 Å². The average molecular weight is 199 g/mol. The number of esters is 1. The molecule has 0 spiro atoms. The highest BCUT2D eigenvalue weighted by Gasteiger charge is 2.16.